The molecule has 0 bridgehead atoms. The third-order valence-corrected chi connectivity index (χ3v) is 3.40. The Balaban J connectivity index is 0.00000144. The number of rotatable bonds is 2. The predicted molar refractivity (Wildman–Crippen MR) is 66.2 cm³/mol. The maximum Gasteiger partial charge on any atom is 0.147 e. The van der Waals surface area contributed by atoms with Crippen LogP contribution >= 0.6 is 0 Å². The van der Waals surface area contributed by atoms with Gasteiger partial charge in [0.1, 0.15) is 18.4 Å². The van der Waals surface area contributed by atoms with Crippen molar-refractivity contribution in [3.05, 3.63) is 29.3 Å². The van der Waals surface area contributed by atoms with E-state index in [0.717, 1.165) is 12.3 Å². The molecular weight excluding hydrogens is 234 g/mol. The highest BCUT2D eigenvalue weighted by Gasteiger charge is 2.22. The van der Waals surface area contributed by atoms with Gasteiger partial charge >= 0.3 is 0 Å². The lowest BCUT2D eigenvalue weighted by Gasteiger charge is -2.28. The standard InChI is InChI=1S/C14H21NO.ClH/c1-11-6-4-7-12(2)14(11)16-13-8-5-9-15(3)10-13;/h4,6-7,13H,5,8-10H2,1-3H3;1H. The number of hydrogen-bond acceptors (Lipinski definition) is 1. The molecule has 0 aliphatic carbocycles. The number of quaternary nitrogens is 1. The molecule has 1 aliphatic rings. The quantitative estimate of drug-likeness (QED) is 0.670. The summed E-state index contributed by atoms with van der Waals surface area (Å²) in [6.45, 7) is 6.67. The highest BCUT2D eigenvalue weighted by Crippen LogP contribution is 2.24. The summed E-state index contributed by atoms with van der Waals surface area (Å²) < 4.78 is 6.17. The minimum Gasteiger partial charge on any atom is -1.00 e. The van der Waals surface area contributed by atoms with Crippen molar-refractivity contribution in [2.75, 3.05) is 20.1 Å². The van der Waals surface area contributed by atoms with Gasteiger partial charge < -0.3 is 22.0 Å². The van der Waals surface area contributed by atoms with E-state index in [-0.39, 0.29) is 12.4 Å². The van der Waals surface area contributed by atoms with Crippen molar-refractivity contribution in [1.29, 1.82) is 0 Å². The Kier molecular flexibility index (Phi) is 5.29. The topological polar surface area (TPSA) is 13.7 Å². The van der Waals surface area contributed by atoms with Crippen molar-refractivity contribution in [2.45, 2.75) is 32.8 Å². The monoisotopic (exact) mass is 255 g/mol. The molecule has 1 aliphatic heterocycles. The zero-order valence-corrected chi connectivity index (χ0v) is 11.7. The fourth-order valence-corrected chi connectivity index (χ4v) is 2.48. The largest absolute Gasteiger partial charge is 1.00 e. The van der Waals surface area contributed by atoms with Crippen LogP contribution in [-0.4, -0.2) is 26.2 Å². The summed E-state index contributed by atoms with van der Waals surface area (Å²) in [5.74, 6) is 1.10. The molecule has 0 radical (unpaired) electrons. The van der Waals surface area contributed by atoms with Gasteiger partial charge in [-0.05, 0) is 31.4 Å². The van der Waals surface area contributed by atoms with Gasteiger partial charge in [-0.25, -0.2) is 0 Å². The Labute approximate surface area is 110 Å². The first-order valence-corrected chi connectivity index (χ1v) is 6.21. The second-order valence-electron chi connectivity index (χ2n) is 5.01. The van der Waals surface area contributed by atoms with E-state index in [1.165, 1.54) is 30.5 Å². The smallest absolute Gasteiger partial charge is 0.147 e. The van der Waals surface area contributed by atoms with E-state index in [1.54, 1.807) is 4.90 Å². The SMILES string of the molecule is Cc1cccc(C)c1OC1CCC[NH+](C)C1.[Cl-]. The van der Waals surface area contributed by atoms with Crippen molar-refractivity contribution in [3.63, 3.8) is 0 Å². The maximum atomic E-state index is 6.17. The molecule has 1 saturated heterocycles. The second kappa shape index (κ2) is 6.27. The zero-order valence-electron chi connectivity index (χ0n) is 10.9. The fourth-order valence-electron chi connectivity index (χ4n) is 2.48. The summed E-state index contributed by atoms with van der Waals surface area (Å²) in [6, 6.07) is 6.35. The minimum absolute atomic E-state index is 0. The average molecular weight is 256 g/mol. The van der Waals surface area contributed by atoms with Crippen LogP contribution in [0.4, 0.5) is 0 Å². The van der Waals surface area contributed by atoms with Crippen LogP contribution in [0.2, 0.25) is 0 Å². The van der Waals surface area contributed by atoms with E-state index in [9.17, 15) is 0 Å². The van der Waals surface area contributed by atoms with Crippen molar-refractivity contribution in [1.82, 2.24) is 0 Å². The lowest BCUT2D eigenvalue weighted by Crippen LogP contribution is -3.11. The molecule has 2 nitrogen and oxygen atoms in total. The Hall–Kier alpha value is -0.730. The molecule has 96 valence electrons. The van der Waals surface area contributed by atoms with Gasteiger partial charge in [0.25, 0.3) is 0 Å². The molecule has 1 N–H and O–H groups in total. The minimum atomic E-state index is 0. The highest BCUT2D eigenvalue weighted by molar-refractivity contribution is 5.39. The number of ether oxygens (including phenoxy) is 1. The summed E-state index contributed by atoms with van der Waals surface area (Å²) in [5, 5.41) is 0. The number of piperidine rings is 1. The third-order valence-electron chi connectivity index (χ3n) is 3.40. The first-order valence-electron chi connectivity index (χ1n) is 6.21. The molecule has 2 atom stereocenters. The van der Waals surface area contributed by atoms with Gasteiger partial charge in [0.15, 0.2) is 0 Å². The summed E-state index contributed by atoms with van der Waals surface area (Å²) >= 11 is 0. The molecule has 2 rings (SSSR count). The molecule has 3 heteroatoms. The molecule has 0 spiro atoms. The number of halogens is 1. The number of aryl methyl sites for hydroxylation is 2. The van der Waals surface area contributed by atoms with Crippen molar-refractivity contribution in [3.8, 4) is 5.75 Å². The normalized spacial score (nSPS) is 23.9. The Morgan fingerprint density at radius 1 is 1.24 bits per heavy atom. The van der Waals surface area contributed by atoms with Gasteiger partial charge in [0, 0.05) is 6.42 Å². The van der Waals surface area contributed by atoms with E-state index in [0.29, 0.717) is 6.10 Å². The van der Waals surface area contributed by atoms with Gasteiger partial charge in [-0.2, -0.15) is 0 Å². The predicted octanol–water partition coefficient (Wildman–Crippen LogP) is -1.64. The van der Waals surface area contributed by atoms with Crippen LogP contribution in [0.25, 0.3) is 0 Å². The number of nitrogens with one attached hydrogen (secondary N) is 1. The Bertz CT molecular complexity index is 347. The van der Waals surface area contributed by atoms with Crippen molar-refractivity contribution in [2.24, 2.45) is 0 Å². The Morgan fingerprint density at radius 2 is 1.88 bits per heavy atom. The summed E-state index contributed by atoms with van der Waals surface area (Å²) in [4.78, 5) is 1.59. The van der Waals surface area contributed by atoms with Gasteiger partial charge in [0.05, 0.1) is 13.6 Å². The zero-order chi connectivity index (χ0) is 11.5. The molecule has 1 heterocycles. The molecule has 1 aromatic carbocycles. The van der Waals surface area contributed by atoms with Crippen LogP contribution in [-0.2, 0) is 0 Å². The van der Waals surface area contributed by atoms with E-state index in [2.05, 4.69) is 39.1 Å². The van der Waals surface area contributed by atoms with Crippen molar-refractivity contribution >= 4 is 0 Å². The lowest BCUT2D eigenvalue weighted by atomic mass is 10.1. The van der Waals surface area contributed by atoms with Gasteiger partial charge in [-0.3, -0.25) is 0 Å². The summed E-state index contributed by atoms with van der Waals surface area (Å²) in [7, 11) is 2.25. The first kappa shape index (κ1) is 14.3. The molecule has 1 fully saturated rings. The number of benzene rings is 1. The van der Waals surface area contributed by atoms with Gasteiger partial charge in [0.2, 0.25) is 0 Å². The third kappa shape index (κ3) is 3.62. The summed E-state index contributed by atoms with van der Waals surface area (Å²) in [5.41, 5.74) is 2.51. The number of likely N-dealkylation sites (N-methyl/N-ethyl adjacent to an activating group) is 1. The molecule has 2 unspecified atom stereocenters. The van der Waals surface area contributed by atoms with E-state index >= 15 is 0 Å². The molecule has 0 amide bonds. The fraction of sp³-hybridized carbons (Fsp3) is 0.571. The van der Waals surface area contributed by atoms with E-state index in [4.69, 9.17) is 4.74 Å². The first-order chi connectivity index (χ1) is 7.66. The Morgan fingerprint density at radius 3 is 2.47 bits per heavy atom. The number of hydrogen-bond donors (Lipinski definition) is 1. The summed E-state index contributed by atoms with van der Waals surface area (Å²) in [6.07, 6.45) is 2.88. The molecule has 0 aromatic heterocycles. The molecule has 0 saturated carbocycles. The van der Waals surface area contributed by atoms with Gasteiger partial charge in [-0.1, -0.05) is 18.2 Å². The average Bonchev–Trinajstić information content (AvgIpc) is 2.24. The highest BCUT2D eigenvalue weighted by atomic mass is 35.5. The second-order valence-corrected chi connectivity index (χ2v) is 5.01. The van der Waals surface area contributed by atoms with Crippen LogP contribution in [0.1, 0.15) is 24.0 Å². The van der Waals surface area contributed by atoms with Crippen LogP contribution in [0.3, 0.4) is 0 Å². The molecular formula is C14H22ClNO. The molecule has 1 aromatic rings. The van der Waals surface area contributed by atoms with Gasteiger partial charge in [-0.15, -0.1) is 0 Å². The van der Waals surface area contributed by atoms with E-state index < -0.39 is 0 Å². The maximum absolute atomic E-state index is 6.17. The van der Waals surface area contributed by atoms with Crippen LogP contribution < -0.4 is 22.0 Å². The number of likely N-dealkylation sites (tertiary alicyclic amines) is 1. The number of para-hydroxylation sites is 1. The molecule has 17 heavy (non-hydrogen) atoms. The van der Waals surface area contributed by atoms with Crippen molar-refractivity contribution < 1.29 is 22.0 Å². The lowest BCUT2D eigenvalue weighted by molar-refractivity contribution is -0.887. The van der Waals surface area contributed by atoms with Crippen LogP contribution in [0.5, 0.6) is 5.75 Å². The van der Waals surface area contributed by atoms with E-state index in [1.807, 2.05) is 0 Å². The van der Waals surface area contributed by atoms with Crippen LogP contribution in [0.15, 0.2) is 18.2 Å². The van der Waals surface area contributed by atoms with Crippen LogP contribution in [0, 0.1) is 13.8 Å².